The van der Waals surface area contributed by atoms with Gasteiger partial charge in [-0.15, -0.1) is 0 Å². The number of nitrogens with zero attached hydrogens (tertiary/aromatic N) is 4. The van der Waals surface area contributed by atoms with Gasteiger partial charge in [-0.2, -0.15) is 5.10 Å². The zero-order valence-electron chi connectivity index (χ0n) is 13.8. The summed E-state index contributed by atoms with van der Waals surface area (Å²) in [5, 5.41) is 7.30. The van der Waals surface area contributed by atoms with Crippen molar-refractivity contribution in [2.75, 3.05) is 13.1 Å². The number of hydrogen-bond donors (Lipinski definition) is 1. The molecule has 0 bridgehead atoms. The molecule has 1 N–H and O–H groups in total. The first-order valence-corrected chi connectivity index (χ1v) is 8.47. The Labute approximate surface area is 132 Å². The summed E-state index contributed by atoms with van der Waals surface area (Å²) in [5.74, 6) is 1.93. The molecule has 0 saturated carbocycles. The van der Waals surface area contributed by atoms with Crippen molar-refractivity contribution in [2.45, 2.75) is 52.6 Å². The van der Waals surface area contributed by atoms with Crippen LogP contribution in [0.4, 0.5) is 0 Å². The van der Waals surface area contributed by atoms with Crippen LogP contribution in [0.15, 0.2) is 18.6 Å². The van der Waals surface area contributed by atoms with E-state index in [9.17, 15) is 0 Å². The van der Waals surface area contributed by atoms with Crippen LogP contribution in [0.25, 0.3) is 0 Å². The van der Waals surface area contributed by atoms with Crippen molar-refractivity contribution in [3.63, 3.8) is 0 Å². The molecule has 0 radical (unpaired) electrons. The predicted octanol–water partition coefficient (Wildman–Crippen LogP) is 2.78. The quantitative estimate of drug-likeness (QED) is 0.892. The Hall–Kier alpha value is -1.62. The average Bonchev–Trinajstić information content (AvgIpc) is 3.10. The van der Waals surface area contributed by atoms with Gasteiger partial charge in [0, 0.05) is 31.2 Å². The highest BCUT2D eigenvalue weighted by atomic mass is 15.2. The van der Waals surface area contributed by atoms with Crippen LogP contribution in [0.2, 0.25) is 0 Å². The van der Waals surface area contributed by atoms with Crippen molar-refractivity contribution >= 4 is 0 Å². The van der Waals surface area contributed by atoms with Crippen molar-refractivity contribution in [3.8, 4) is 0 Å². The molecule has 5 nitrogen and oxygen atoms in total. The van der Waals surface area contributed by atoms with Crippen molar-refractivity contribution < 1.29 is 0 Å². The molecular formula is C17H27N5. The smallest absolute Gasteiger partial charge is 0.122 e. The summed E-state index contributed by atoms with van der Waals surface area (Å²) in [4.78, 5) is 7.11. The molecule has 3 rings (SSSR count). The van der Waals surface area contributed by atoms with E-state index in [1.807, 2.05) is 12.4 Å². The lowest BCUT2D eigenvalue weighted by Gasteiger charge is -2.32. The number of hydrogen-bond acceptors (Lipinski definition) is 3. The first-order valence-electron chi connectivity index (χ1n) is 8.47. The van der Waals surface area contributed by atoms with E-state index in [-0.39, 0.29) is 0 Å². The second kappa shape index (κ2) is 7.09. The normalized spacial score (nSPS) is 19.6. The second-order valence-corrected chi connectivity index (χ2v) is 6.52. The predicted molar refractivity (Wildman–Crippen MR) is 87.5 cm³/mol. The molecule has 1 aliphatic rings. The monoisotopic (exact) mass is 301 g/mol. The van der Waals surface area contributed by atoms with Crippen LogP contribution in [0, 0.1) is 12.8 Å². The van der Waals surface area contributed by atoms with E-state index in [2.05, 4.69) is 44.7 Å². The van der Waals surface area contributed by atoms with Gasteiger partial charge in [-0.25, -0.2) is 4.98 Å². The van der Waals surface area contributed by atoms with Gasteiger partial charge in [-0.3, -0.25) is 10.00 Å². The van der Waals surface area contributed by atoms with E-state index < -0.39 is 0 Å². The second-order valence-electron chi connectivity index (χ2n) is 6.52. The van der Waals surface area contributed by atoms with Gasteiger partial charge in [-0.1, -0.05) is 6.92 Å². The molecule has 1 fully saturated rings. The summed E-state index contributed by atoms with van der Waals surface area (Å²) in [7, 11) is 0. The third-order valence-electron chi connectivity index (χ3n) is 4.66. The average molecular weight is 301 g/mol. The molecule has 22 heavy (non-hydrogen) atoms. The summed E-state index contributed by atoms with van der Waals surface area (Å²) in [6.45, 7) is 8.76. The lowest BCUT2D eigenvalue weighted by atomic mass is 9.92. The van der Waals surface area contributed by atoms with Crippen molar-refractivity contribution in [2.24, 2.45) is 5.92 Å². The first-order chi connectivity index (χ1) is 10.8. The van der Waals surface area contributed by atoms with Crippen LogP contribution in [0.5, 0.6) is 0 Å². The molecule has 1 saturated heterocycles. The fourth-order valence-corrected chi connectivity index (χ4v) is 3.47. The molecule has 0 spiro atoms. The number of H-pyrrole nitrogens is 1. The standard InChI is InChI=1S/C17H27N5/c1-3-7-22-9-6-18-17(22)13-21-8-4-5-15(12-21)10-16-14(2)11-19-20-16/h6,9,11,15H,3-5,7-8,10,12-13H2,1-2H3,(H,19,20)/t15-/m0/s1. The lowest BCUT2D eigenvalue weighted by molar-refractivity contribution is 0.161. The Morgan fingerprint density at radius 2 is 2.32 bits per heavy atom. The number of rotatable bonds is 6. The number of aromatic amines is 1. The minimum atomic E-state index is 0.725. The zero-order valence-corrected chi connectivity index (χ0v) is 13.8. The summed E-state index contributed by atoms with van der Waals surface area (Å²) >= 11 is 0. The highest BCUT2D eigenvalue weighted by Crippen LogP contribution is 2.22. The molecule has 1 atom stereocenters. The number of aromatic nitrogens is 4. The van der Waals surface area contributed by atoms with E-state index in [4.69, 9.17) is 0 Å². The SMILES string of the molecule is CCCn1ccnc1CN1CCC[C@@H](Cc2[nH]ncc2C)C1. The van der Waals surface area contributed by atoms with Crippen molar-refractivity contribution in [1.82, 2.24) is 24.6 Å². The molecule has 0 aliphatic carbocycles. The van der Waals surface area contributed by atoms with Gasteiger partial charge in [-0.05, 0) is 50.6 Å². The van der Waals surface area contributed by atoms with Crippen molar-refractivity contribution in [3.05, 3.63) is 35.7 Å². The van der Waals surface area contributed by atoms with Crippen LogP contribution in [0.1, 0.15) is 43.3 Å². The van der Waals surface area contributed by atoms with E-state index in [1.165, 1.54) is 36.5 Å². The molecule has 0 unspecified atom stereocenters. The van der Waals surface area contributed by atoms with Gasteiger partial charge < -0.3 is 4.57 Å². The molecule has 2 aromatic heterocycles. The maximum absolute atomic E-state index is 4.55. The number of nitrogens with one attached hydrogen (secondary N) is 1. The maximum Gasteiger partial charge on any atom is 0.122 e. The molecule has 1 aliphatic heterocycles. The van der Waals surface area contributed by atoms with Crippen LogP contribution in [-0.2, 0) is 19.5 Å². The summed E-state index contributed by atoms with van der Waals surface area (Å²) in [6.07, 6.45) is 10.8. The van der Waals surface area contributed by atoms with Gasteiger partial charge in [0.1, 0.15) is 5.82 Å². The minimum absolute atomic E-state index is 0.725. The van der Waals surface area contributed by atoms with Gasteiger partial charge in [0.2, 0.25) is 0 Å². The molecule has 0 aromatic carbocycles. The molecular weight excluding hydrogens is 274 g/mol. The van der Waals surface area contributed by atoms with Crippen LogP contribution >= 0.6 is 0 Å². The van der Waals surface area contributed by atoms with Crippen molar-refractivity contribution in [1.29, 1.82) is 0 Å². The Balaban J connectivity index is 1.58. The fourth-order valence-electron chi connectivity index (χ4n) is 3.47. The number of aryl methyl sites for hydroxylation is 2. The number of piperidine rings is 1. The Morgan fingerprint density at radius 3 is 3.09 bits per heavy atom. The highest BCUT2D eigenvalue weighted by Gasteiger charge is 2.22. The topological polar surface area (TPSA) is 49.7 Å². The van der Waals surface area contributed by atoms with Crippen LogP contribution in [0.3, 0.4) is 0 Å². The minimum Gasteiger partial charge on any atom is -0.334 e. The molecule has 120 valence electrons. The third kappa shape index (κ3) is 3.58. The summed E-state index contributed by atoms with van der Waals surface area (Å²) in [6, 6.07) is 0. The molecule has 5 heteroatoms. The van der Waals surface area contributed by atoms with Gasteiger partial charge >= 0.3 is 0 Å². The van der Waals surface area contributed by atoms with E-state index in [0.29, 0.717) is 0 Å². The van der Waals surface area contributed by atoms with E-state index >= 15 is 0 Å². The van der Waals surface area contributed by atoms with E-state index in [1.54, 1.807) is 0 Å². The summed E-state index contributed by atoms with van der Waals surface area (Å²) in [5.41, 5.74) is 2.59. The van der Waals surface area contributed by atoms with Crippen LogP contribution < -0.4 is 0 Å². The first kappa shape index (κ1) is 15.3. The fraction of sp³-hybridized carbons (Fsp3) is 0.647. The van der Waals surface area contributed by atoms with E-state index in [0.717, 1.165) is 38.4 Å². The summed E-state index contributed by atoms with van der Waals surface area (Å²) < 4.78 is 2.29. The zero-order chi connectivity index (χ0) is 15.4. The van der Waals surface area contributed by atoms with Crippen LogP contribution in [-0.4, -0.2) is 37.7 Å². The molecule has 3 heterocycles. The molecule has 0 amide bonds. The Morgan fingerprint density at radius 1 is 1.41 bits per heavy atom. The molecule has 2 aromatic rings. The Kier molecular flexibility index (Phi) is 4.93. The maximum atomic E-state index is 4.55. The number of likely N-dealkylation sites (tertiary alicyclic amines) is 1. The highest BCUT2D eigenvalue weighted by molar-refractivity contribution is 5.14. The van der Waals surface area contributed by atoms with Gasteiger partial charge in [0.15, 0.2) is 0 Å². The third-order valence-corrected chi connectivity index (χ3v) is 4.66. The Bertz CT molecular complexity index is 585. The largest absolute Gasteiger partial charge is 0.334 e. The number of imidazole rings is 1. The van der Waals surface area contributed by atoms with Gasteiger partial charge in [0.05, 0.1) is 12.7 Å². The lowest BCUT2D eigenvalue weighted by Crippen LogP contribution is -2.36. The van der Waals surface area contributed by atoms with Gasteiger partial charge in [0.25, 0.3) is 0 Å².